The highest BCUT2D eigenvalue weighted by molar-refractivity contribution is 6.30. The first-order chi connectivity index (χ1) is 10.4. The lowest BCUT2D eigenvalue weighted by molar-refractivity contribution is -0.150. The van der Waals surface area contributed by atoms with Crippen LogP contribution in [0.15, 0.2) is 24.3 Å². The molecule has 1 heterocycles. The van der Waals surface area contributed by atoms with Crippen LogP contribution in [0.2, 0.25) is 5.02 Å². The van der Waals surface area contributed by atoms with E-state index < -0.39 is 16.9 Å². The number of rotatable bonds is 3. The number of hydrogen-bond acceptors (Lipinski definition) is 3. The molecule has 0 aromatic heterocycles. The van der Waals surface area contributed by atoms with Gasteiger partial charge < -0.3 is 15.7 Å². The third kappa shape index (κ3) is 2.48. The lowest BCUT2D eigenvalue weighted by Gasteiger charge is -2.38. The van der Waals surface area contributed by atoms with Crippen LogP contribution in [0.3, 0.4) is 0 Å². The summed E-state index contributed by atoms with van der Waals surface area (Å²) in [6.07, 6.45) is 2.43. The SMILES string of the molecule is NC(=O)C1(O)CCCN(C(=O)C2(c3ccc(Cl)cc3)CC2)C1. The van der Waals surface area contributed by atoms with Crippen molar-refractivity contribution in [2.75, 3.05) is 13.1 Å². The van der Waals surface area contributed by atoms with E-state index in [2.05, 4.69) is 0 Å². The molecule has 1 atom stereocenters. The molecule has 1 aromatic rings. The molecule has 0 bridgehead atoms. The molecule has 2 fully saturated rings. The maximum absolute atomic E-state index is 12.9. The highest BCUT2D eigenvalue weighted by Crippen LogP contribution is 2.50. The maximum atomic E-state index is 12.9. The van der Waals surface area contributed by atoms with E-state index in [1.807, 2.05) is 12.1 Å². The molecule has 0 radical (unpaired) electrons. The monoisotopic (exact) mass is 322 g/mol. The first-order valence-electron chi connectivity index (χ1n) is 7.45. The molecule has 3 N–H and O–H groups in total. The van der Waals surface area contributed by atoms with E-state index in [4.69, 9.17) is 17.3 Å². The Labute approximate surface area is 134 Å². The fraction of sp³-hybridized carbons (Fsp3) is 0.500. The molecule has 0 spiro atoms. The Morgan fingerprint density at radius 2 is 1.82 bits per heavy atom. The Kier molecular flexibility index (Phi) is 3.65. The van der Waals surface area contributed by atoms with Gasteiger partial charge in [0.1, 0.15) is 0 Å². The van der Waals surface area contributed by atoms with Crippen molar-refractivity contribution in [1.82, 2.24) is 4.90 Å². The van der Waals surface area contributed by atoms with Crippen LogP contribution in [0.25, 0.3) is 0 Å². The number of carbonyl (C=O) groups excluding carboxylic acids is 2. The molecular weight excluding hydrogens is 304 g/mol. The van der Waals surface area contributed by atoms with Crippen LogP contribution in [0, 0.1) is 0 Å². The van der Waals surface area contributed by atoms with Gasteiger partial charge in [-0.2, -0.15) is 0 Å². The number of carbonyl (C=O) groups is 2. The first-order valence-corrected chi connectivity index (χ1v) is 7.83. The van der Waals surface area contributed by atoms with Gasteiger partial charge in [-0.25, -0.2) is 0 Å². The molecule has 22 heavy (non-hydrogen) atoms. The zero-order valence-corrected chi connectivity index (χ0v) is 13.0. The summed E-state index contributed by atoms with van der Waals surface area (Å²) in [6.45, 7) is 0.528. The van der Waals surface area contributed by atoms with Crippen molar-refractivity contribution < 1.29 is 14.7 Å². The number of nitrogens with two attached hydrogens (primary N) is 1. The van der Waals surface area contributed by atoms with Crippen LogP contribution in [0.5, 0.6) is 0 Å². The molecule has 1 saturated carbocycles. The quantitative estimate of drug-likeness (QED) is 0.877. The molecule has 3 rings (SSSR count). The number of benzene rings is 1. The zero-order valence-electron chi connectivity index (χ0n) is 12.2. The lowest BCUT2D eigenvalue weighted by Crippen LogP contribution is -2.58. The van der Waals surface area contributed by atoms with Crippen molar-refractivity contribution in [3.05, 3.63) is 34.9 Å². The van der Waals surface area contributed by atoms with Crippen molar-refractivity contribution in [2.24, 2.45) is 5.73 Å². The van der Waals surface area contributed by atoms with Gasteiger partial charge in [0, 0.05) is 11.6 Å². The molecule has 1 unspecified atom stereocenters. The van der Waals surface area contributed by atoms with E-state index in [9.17, 15) is 14.7 Å². The third-order valence-electron chi connectivity index (χ3n) is 4.77. The molecule has 1 saturated heterocycles. The van der Waals surface area contributed by atoms with Crippen LogP contribution in [-0.4, -0.2) is 40.5 Å². The molecule has 118 valence electrons. The largest absolute Gasteiger partial charge is 0.378 e. The Morgan fingerprint density at radius 1 is 1.18 bits per heavy atom. The van der Waals surface area contributed by atoms with Crippen LogP contribution in [0.1, 0.15) is 31.2 Å². The molecule has 1 aliphatic carbocycles. The molecule has 2 aliphatic rings. The Hall–Kier alpha value is -1.59. The third-order valence-corrected chi connectivity index (χ3v) is 5.02. The first kappa shape index (κ1) is 15.3. The summed E-state index contributed by atoms with van der Waals surface area (Å²) in [5, 5.41) is 10.9. The molecule has 1 aromatic carbocycles. The zero-order chi connectivity index (χ0) is 16.0. The van der Waals surface area contributed by atoms with E-state index in [0.717, 1.165) is 18.4 Å². The maximum Gasteiger partial charge on any atom is 0.251 e. The predicted octanol–water partition coefficient (Wildman–Crippen LogP) is 1.21. The van der Waals surface area contributed by atoms with Gasteiger partial charge in [-0.05, 0) is 43.4 Å². The minimum Gasteiger partial charge on any atom is -0.378 e. The summed E-state index contributed by atoms with van der Waals surface area (Å²) < 4.78 is 0. The Balaban J connectivity index is 1.81. The number of primary amides is 1. The van der Waals surface area contributed by atoms with Crippen LogP contribution >= 0.6 is 11.6 Å². The summed E-state index contributed by atoms with van der Waals surface area (Å²) >= 11 is 5.90. The van der Waals surface area contributed by atoms with Crippen molar-refractivity contribution in [3.63, 3.8) is 0 Å². The van der Waals surface area contributed by atoms with Crippen molar-refractivity contribution in [3.8, 4) is 0 Å². The number of β-amino-alcohol motifs (C(OH)–C–C–N with tert-alkyl or cyclic N) is 1. The van der Waals surface area contributed by atoms with Gasteiger partial charge in [-0.3, -0.25) is 9.59 Å². The standard InChI is InChI=1S/C16H19ClN2O3/c17-12-4-2-11(3-5-12)15(7-8-15)14(21)19-9-1-6-16(22,10-19)13(18)20/h2-5,22H,1,6-10H2,(H2,18,20). The minimum atomic E-state index is -1.61. The Bertz CT molecular complexity index is 612. The highest BCUT2D eigenvalue weighted by Gasteiger charge is 2.54. The average molecular weight is 323 g/mol. The summed E-state index contributed by atoms with van der Waals surface area (Å²) in [5.41, 5.74) is 4.08. The summed E-state index contributed by atoms with van der Waals surface area (Å²) in [6, 6.07) is 7.30. The number of likely N-dealkylation sites (tertiary alicyclic amines) is 1. The molecule has 1 aliphatic heterocycles. The topological polar surface area (TPSA) is 83.6 Å². The van der Waals surface area contributed by atoms with Crippen molar-refractivity contribution in [1.29, 1.82) is 0 Å². The van der Waals surface area contributed by atoms with Crippen molar-refractivity contribution in [2.45, 2.75) is 36.7 Å². The number of nitrogens with zero attached hydrogens (tertiary/aromatic N) is 1. The molecule has 2 amide bonds. The van der Waals surface area contributed by atoms with Crippen LogP contribution in [0.4, 0.5) is 0 Å². The summed E-state index contributed by atoms with van der Waals surface area (Å²) in [5.74, 6) is -0.796. The van der Waals surface area contributed by atoms with Crippen LogP contribution < -0.4 is 5.73 Å². The van der Waals surface area contributed by atoms with Crippen LogP contribution in [-0.2, 0) is 15.0 Å². The molecular formula is C16H19ClN2O3. The molecule has 6 heteroatoms. The van der Waals surface area contributed by atoms with Gasteiger partial charge in [0.15, 0.2) is 5.60 Å². The van der Waals surface area contributed by atoms with Gasteiger partial charge in [0.05, 0.1) is 12.0 Å². The smallest absolute Gasteiger partial charge is 0.251 e. The number of amides is 2. The van der Waals surface area contributed by atoms with E-state index in [-0.39, 0.29) is 12.5 Å². The number of aliphatic hydroxyl groups is 1. The lowest BCUT2D eigenvalue weighted by atomic mass is 9.89. The number of piperidine rings is 1. The van der Waals surface area contributed by atoms with Crippen molar-refractivity contribution >= 4 is 23.4 Å². The second kappa shape index (κ2) is 5.25. The minimum absolute atomic E-state index is 0.0174. The van der Waals surface area contributed by atoms with Gasteiger partial charge in [-0.1, -0.05) is 23.7 Å². The fourth-order valence-electron chi connectivity index (χ4n) is 3.23. The fourth-order valence-corrected chi connectivity index (χ4v) is 3.36. The summed E-state index contributed by atoms with van der Waals surface area (Å²) in [4.78, 5) is 25.9. The second-order valence-electron chi connectivity index (χ2n) is 6.32. The Morgan fingerprint density at radius 3 is 2.36 bits per heavy atom. The van der Waals surface area contributed by atoms with Gasteiger partial charge in [0.2, 0.25) is 5.91 Å². The number of halogens is 1. The average Bonchev–Trinajstić information content (AvgIpc) is 3.29. The normalized spacial score (nSPS) is 26.5. The second-order valence-corrected chi connectivity index (χ2v) is 6.75. The number of hydrogen-bond donors (Lipinski definition) is 2. The van der Waals surface area contributed by atoms with E-state index in [0.29, 0.717) is 24.4 Å². The van der Waals surface area contributed by atoms with E-state index in [1.165, 1.54) is 0 Å². The highest BCUT2D eigenvalue weighted by atomic mass is 35.5. The van der Waals surface area contributed by atoms with Gasteiger partial charge >= 0.3 is 0 Å². The van der Waals surface area contributed by atoms with E-state index in [1.54, 1.807) is 17.0 Å². The van der Waals surface area contributed by atoms with E-state index >= 15 is 0 Å². The van der Waals surface area contributed by atoms with Gasteiger partial charge in [0.25, 0.3) is 5.91 Å². The summed E-state index contributed by atoms with van der Waals surface area (Å²) in [7, 11) is 0. The molecule has 5 nitrogen and oxygen atoms in total. The predicted molar refractivity (Wildman–Crippen MR) is 82.3 cm³/mol. The van der Waals surface area contributed by atoms with Gasteiger partial charge in [-0.15, -0.1) is 0 Å².